The maximum Gasteiger partial charge on any atom is 0.308 e. The highest BCUT2D eigenvalue weighted by molar-refractivity contribution is 5.78. The molecule has 1 aromatic rings. The summed E-state index contributed by atoms with van der Waals surface area (Å²) in [7, 11) is 1.54. The van der Waals surface area contributed by atoms with E-state index < -0.39 is 11.9 Å². The number of hydrogen-bond acceptors (Lipinski definition) is 4. The van der Waals surface area contributed by atoms with Crippen LogP contribution in [0.5, 0.6) is 5.75 Å². The molecule has 0 spiro atoms. The van der Waals surface area contributed by atoms with Crippen molar-refractivity contribution in [2.45, 2.75) is 19.8 Å². The number of rotatable bonds is 10. The summed E-state index contributed by atoms with van der Waals surface area (Å²) in [6.45, 7) is 2.47. The smallest absolute Gasteiger partial charge is 0.308 e. The lowest BCUT2D eigenvalue weighted by Crippen LogP contribution is -2.36. The van der Waals surface area contributed by atoms with Crippen molar-refractivity contribution in [1.82, 2.24) is 5.32 Å². The van der Waals surface area contributed by atoms with Crippen LogP contribution in [-0.2, 0) is 20.7 Å². The molecular weight excluding hydrogens is 286 g/mol. The van der Waals surface area contributed by atoms with E-state index in [0.717, 1.165) is 12.0 Å². The summed E-state index contributed by atoms with van der Waals surface area (Å²) in [4.78, 5) is 22.9. The fraction of sp³-hybridized carbons (Fsp3) is 0.500. The molecule has 0 radical (unpaired) electrons. The standard InChI is InChI=1S/C16H23NO5/c1-3-8-22-11-15(18)17-10-13(16(19)20)9-12-6-4-5-7-14(12)21-2/h4-7,13H,3,8-11H2,1-2H3,(H,17,18)(H,19,20). The Balaban J connectivity index is 2.55. The van der Waals surface area contributed by atoms with Gasteiger partial charge < -0.3 is 19.9 Å². The van der Waals surface area contributed by atoms with E-state index in [9.17, 15) is 14.7 Å². The zero-order valence-electron chi connectivity index (χ0n) is 13.0. The Morgan fingerprint density at radius 1 is 1.32 bits per heavy atom. The summed E-state index contributed by atoms with van der Waals surface area (Å²) >= 11 is 0. The number of carbonyl (C=O) groups excluding carboxylic acids is 1. The summed E-state index contributed by atoms with van der Waals surface area (Å²) in [5.74, 6) is -1.34. The maximum atomic E-state index is 11.6. The molecule has 1 aromatic carbocycles. The minimum Gasteiger partial charge on any atom is -0.496 e. The topological polar surface area (TPSA) is 84.9 Å². The first-order valence-corrected chi connectivity index (χ1v) is 7.27. The largest absolute Gasteiger partial charge is 0.496 e. The molecule has 1 atom stereocenters. The number of benzene rings is 1. The number of aliphatic carboxylic acids is 1. The molecule has 0 aliphatic heterocycles. The molecule has 0 heterocycles. The Morgan fingerprint density at radius 3 is 2.68 bits per heavy atom. The molecule has 0 aromatic heterocycles. The molecule has 1 unspecified atom stereocenters. The molecule has 2 N–H and O–H groups in total. The van der Waals surface area contributed by atoms with Gasteiger partial charge in [0.2, 0.25) is 5.91 Å². The molecule has 22 heavy (non-hydrogen) atoms. The van der Waals surface area contributed by atoms with E-state index in [-0.39, 0.29) is 25.5 Å². The number of carboxylic acid groups (broad SMARTS) is 1. The summed E-state index contributed by atoms with van der Waals surface area (Å²) < 4.78 is 10.3. The van der Waals surface area contributed by atoms with Crippen molar-refractivity contribution in [2.75, 3.05) is 26.9 Å². The van der Waals surface area contributed by atoms with Crippen molar-refractivity contribution in [2.24, 2.45) is 5.92 Å². The first kappa shape index (κ1) is 18.0. The predicted molar refractivity (Wildman–Crippen MR) is 81.9 cm³/mol. The third-order valence-electron chi connectivity index (χ3n) is 3.14. The van der Waals surface area contributed by atoms with E-state index in [0.29, 0.717) is 12.4 Å². The molecule has 122 valence electrons. The lowest BCUT2D eigenvalue weighted by atomic mass is 9.98. The Labute approximate surface area is 130 Å². The summed E-state index contributed by atoms with van der Waals surface area (Å²) in [6.07, 6.45) is 1.12. The number of carboxylic acids is 1. The van der Waals surface area contributed by atoms with Gasteiger partial charge >= 0.3 is 5.97 Å². The molecule has 0 fully saturated rings. The van der Waals surface area contributed by atoms with E-state index in [1.165, 1.54) is 0 Å². The molecule has 0 aliphatic rings. The number of amides is 1. The minimum absolute atomic E-state index is 0.0468. The van der Waals surface area contributed by atoms with Gasteiger partial charge in [0.25, 0.3) is 0 Å². The Bertz CT molecular complexity index is 489. The van der Waals surface area contributed by atoms with Crippen LogP contribution in [0, 0.1) is 5.92 Å². The normalized spacial score (nSPS) is 11.7. The highest BCUT2D eigenvalue weighted by Crippen LogP contribution is 2.20. The zero-order chi connectivity index (χ0) is 16.4. The van der Waals surface area contributed by atoms with Gasteiger partial charge in [0.05, 0.1) is 13.0 Å². The van der Waals surface area contributed by atoms with Crippen molar-refractivity contribution in [1.29, 1.82) is 0 Å². The number of para-hydroxylation sites is 1. The molecule has 1 amide bonds. The van der Waals surface area contributed by atoms with Gasteiger partial charge in [-0.05, 0) is 24.5 Å². The third kappa shape index (κ3) is 6.13. The van der Waals surface area contributed by atoms with Crippen LogP contribution in [0.25, 0.3) is 0 Å². The van der Waals surface area contributed by atoms with Gasteiger partial charge in [0.1, 0.15) is 12.4 Å². The fourth-order valence-corrected chi connectivity index (χ4v) is 1.98. The second kappa shape index (κ2) is 9.78. The Kier molecular flexibility index (Phi) is 7.99. The molecular formula is C16H23NO5. The van der Waals surface area contributed by atoms with Crippen molar-refractivity contribution in [3.63, 3.8) is 0 Å². The predicted octanol–water partition coefficient (Wildman–Crippen LogP) is 1.48. The molecule has 6 nitrogen and oxygen atoms in total. The molecule has 0 bridgehead atoms. The second-order valence-electron chi connectivity index (χ2n) is 4.91. The fourth-order valence-electron chi connectivity index (χ4n) is 1.98. The quantitative estimate of drug-likeness (QED) is 0.640. The van der Waals surface area contributed by atoms with Crippen molar-refractivity contribution in [3.05, 3.63) is 29.8 Å². The van der Waals surface area contributed by atoms with Gasteiger partial charge in [-0.1, -0.05) is 25.1 Å². The minimum atomic E-state index is -0.958. The summed E-state index contributed by atoms with van der Waals surface area (Å²) in [5, 5.41) is 11.9. The van der Waals surface area contributed by atoms with Crippen LogP contribution in [0.4, 0.5) is 0 Å². The zero-order valence-corrected chi connectivity index (χ0v) is 13.0. The van der Waals surface area contributed by atoms with Crippen LogP contribution in [-0.4, -0.2) is 43.9 Å². The molecule has 0 saturated heterocycles. The van der Waals surface area contributed by atoms with Crippen LogP contribution < -0.4 is 10.1 Å². The first-order chi connectivity index (χ1) is 10.6. The van der Waals surface area contributed by atoms with Gasteiger partial charge in [-0.2, -0.15) is 0 Å². The van der Waals surface area contributed by atoms with Gasteiger partial charge in [0.15, 0.2) is 0 Å². The number of ether oxygens (including phenoxy) is 2. The maximum absolute atomic E-state index is 11.6. The number of hydrogen-bond donors (Lipinski definition) is 2. The third-order valence-corrected chi connectivity index (χ3v) is 3.14. The number of nitrogens with one attached hydrogen (secondary N) is 1. The highest BCUT2D eigenvalue weighted by atomic mass is 16.5. The van der Waals surface area contributed by atoms with Gasteiger partial charge in [-0.15, -0.1) is 0 Å². The molecule has 0 saturated carbocycles. The summed E-state index contributed by atoms with van der Waals surface area (Å²) in [5.41, 5.74) is 0.800. The van der Waals surface area contributed by atoms with Crippen molar-refractivity contribution in [3.8, 4) is 5.75 Å². The van der Waals surface area contributed by atoms with Crippen LogP contribution in [0.3, 0.4) is 0 Å². The number of methoxy groups -OCH3 is 1. The second-order valence-corrected chi connectivity index (χ2v) is 4.91. The highest BCUT2D eigenvalue weighted by Gasteiger charge is 2.20. The van der Waals surface area contributed by atoms with E-state index in [4.69, 9.17) is 9.47 Å². The monoisotopic (exact) mass is 309 g/mol. The molecule has 0 aliphatic carbocycles. The lowest BCUT2D eigenvalue weighted by Gasteiger charge is -2.15. The van der Waals surface area contributed by atoms with Gasteiger partial charge in [0, 0.05) is 13.2 Å². The Hall–Kier alpha value is -2.08. The van der Waals surface area contributed by atoms with Gasteiger partial charge in [-0.25, -0.2) is 0 Å². The lowest BCUT2D eigenvalue weighted by molar-refractivity contribution is -0.141. The van der Waals surface area contributed by atoms with Crippen LogP contribution >= 0.6 is 0 Å². The van der Waals surface area contributed by atoms with E-state index in [2.05, 4.69) is 5.32 Å². The van der Waals surface area contributed by atoms with E-state index in [1.54, 1.807) is 13.2 Å². The van der Waals surface area contributed by atoms with Crippen molar-refractivity contribution >= 4 is 11.9 Å². The van der Waals surface area contributed by atoms with Crippen LogP contribution in [0.1, 0.15) is 18.9 Å². The average molecular weight is 309 g/mol. The van der Waals surface area contributed by atoms with E-state index >= 15 is 0 Å². The number of carbonyl (C=O) groups is 2. The first-order valence-electron chi connectivity index (χ1n) is 7.27. The SMILES string of the molecule is CCCOCC(=O)NCC(Cc1ccccc1OC)C(=O)O. The summed E-state index contributed by atoms with van der Waals surface area (Å²) in [6, 6.07) is 7.26. The average Bonchev–Trinajstić information content (AvgIpc) is 2.51. The molecule has 1 rings (SSSR count). The van der Waals surface area contributed by atoms with E-state index in [1.807, 2.05) is 25.1 Å². The van der Waals surface area contributed by atoms with Crippen LogP contribution in [0.15, 0.2) is 24.3 Å². The van der Waals surface area contributed by atoms with Gasteiger partial charge in [-0.3, -0.25) is 9.59 Å². The Morgan fingerprint density at radius 2 is 2.05 bits per heavy atom. The van der Waals surface area contributed by atoms with Crippen LogP contribution in [0.2, 0.25) is 0 Å². The van der Waals surface area contributed by atoms with Crippen molar-refractivity contribution < 1.29 is 24.2 Å². The molecule has 6 heteroatoms.